The summed E-state index contributed by atoms with van der Waals surface area (Å²) in [6.07, 6.45) is 1.48. The molecule has 128 valence electrons. The number of hydrogen-bond donors (Lipinski definition) is 1. The van der Waals surface area contributed by atoms with Crippen LogP contribution in [0.1, 0.15) is 28.0 Å². The van der Waals surface area contributed by atoms with Crippen LogP contribution >= 0.6 is 0 Å². The smallest absolute Gasteiger partial charge is 0.254 e. The molecule has 1 unspecified atom stereocenters. The number of nitrogens with zero attached hydrogens (tertiary/aromatic N) is 3. The van der Waals surface area contributed by atoms with E-state index in [1.54, 1.807) is 23.2 Å². The van der Waals surface area contributed by atoms with Crippen molar-refractivity contribution in [3.8, 4) is 0 Å². The average Bonchev–Trinajstić information content (AvgIpc) is 3.02. The zero-order valence-corrected chi connectivity index (χ0v) is 13.8. The van der Waals surface area contributed by atoms with Gasteiger partial charge in [0.05, 0.1) is 13.2 Å². The van der Waals surface area contributed by atoms with Crippen LogP contribution in [0.25, 0.3) is 0 Å². The van der Waals surface area contributed by atoms with Gasteiger partial charge in [-0.1, -0.05) is 6.07 Å². The maximum Gasteiger partial charge on any atom is 0.254 e. The van der Waals surface area contributed by atoms with Crippen molar-refractivity contribution in [3.63, 3.8) is 0 Å². The first-order valence-corrected chi connectivity index (χ1v) is 7.88. The van der Waals surface area contributed by atoms with E-state index < -0.39 is 5.82 Å². The number of rotatable bonds is 4. The molecule has 1 aromatic carbocycles. The SMILES string of the molecule is CN(C)Cc1cnc(C2CN(C(=O)c3cccc(F)c3)CCO2)[nH]1. The predicted octanol–water partition coefficient (Wildman–Crippen LogP) is 1.82. The summed E-state index contributed by atoms with van der Waals surface area (Å²) in [6.45, 7) is 2.06. The molecule has 3 rings (SSSR count). The number of carbonyl (C=O) groups excluding carboxylic acids is 1. The molecule has 1 aliphatic rings. The van der Waals surface area contributed by atoms with E-state index >= 15 is 0 Å². The molecular formula is C17H21FN4O2. The fraction of sp³-hybridized carbons (Fsp3) is 0.412. The summed E-state index contributed by atoms with van der Waals surface area (Å²) in [7, 11) is 3.97. The fourth-order valence-electron chi connectivity index (χ4n) is 2.76. The molecule has 1 aromatic heterocycles. The fourth-order valence-corrected chi connectivity index (χ4v) is 2.76. The van der Waals surface area contributed by atoms with Crippen LogP contribution in [0.4, 0.5) is 4.39 Å². The zero-order chi connectivity index (χ0) is 17.1. The van der Waals surface area contributed by atoms with Crippen molar-refractivity contribution in [3.05, 3.63) is 53.4 Å². The molecule has 24 heavy (non-hydrogen) atoms. The molecule has 0 spiro atoms. The highest BCUT2D eigenvalue weighted by Gasteiger charge is 2.28. The summed E-state index contributed by atoms with van der Waals surface area (Å²) in [5.41, 5.74) is 1.34. The molecule has 0 saturated carbocycles. The third-order valence-electron chi connectivity index (χ3n) is 3.86. The third-order valence-corrected chi connectivity index (χ3v) is 3.86. The summed E-state index contributed by atoms with van der Waals surface area (Å²) in [5.74, 6) is 0.108. The van der Waals surface area contributed by atoms with Crippen LogP contribution in [-0.2, 0) is 11.3 Å². The summed E-state index contributed by atoms with van der Waals surface area (Å²) in [4.78, 5) is 23.9. The van der Waals surface area contributed by atoms with Crippen molar-refractivity contribution < 1.29 is 13.9 Å². The molecule has 1 aliphatic heterocycles. The first-order chi connectivity index (χ1) is 11.5. The lowest BCUT2D eigenvalue weighted by Gasteiger charge is -2.32. The van der Waals surface area contributed by atoms with Crippen LogP contribution < -0.4 is 0 Å². The van der Waals surface area contributed by atoms with Gasteiger partial charge in [-0.25, -0.2) is 9.37 Å². The molecule has 1 saturated heterocycles. The lowest BCUT2D eigenvalue weighted by molar-refractivity contribution is -0.0265. The Bertz CT molecular complexity index is 716. The number of halogens is 1. The van der Waals surface area contributed by atoms with Gasteiger partial charge in [-0.05, 0) is 32.3 Å². The van der Waals surface area contributed by atoms with Gasteiger partial charge in [-0.3, -0.25) is 4.79 Å². The van der Waals surface area contributed by atoms with Crippen LogP contribution in [0.5, 0.6) is 0 Å². The molecule has 1 atom stereocenters. The van der Waals surface area contributed by atoms with Gasteiger partial charge in [-0.2, -0.15) is 0 Å². The van der Waals surface area contributed by atoms with E-state index in [2.05, 4.69) is 9.97 Å². The van der Waals surface area contributed by atoms with Crippen LogP contribution in [0, 0.1) is 5.82 Å². The molecular weight excluding hydrogens is 311 g/mol. The first-order valence-electron chi connectivity index (χ1n) is 7.88. The van der Waals surface area contributed by atoms with Crippen molar-refractivity contribution >= 4 is 5.91 Å². The Balaban J connectivity index is 1.70. The number of carbonyl (C=O) groups is 1. The van der Waals surface area contributed by atoms with Crippen molar-refractivity contribution in [1.82, 2.24) is 19.8 Å². The second-order valence-corrected chi connectivity index (χ2v) is 6.15. The molecule has 1 fully saturated rings. The van der Waals surface area contributed by atoms with E-state index in [0.717, 1.165) is 12.2 Å². The van der Waals surface area contributed by atoms with Gasteiger partial charge in [0.15, 0.2) is 0 Å². The molecule has 1 N–H and O–H groups in total. The number of aromatic nitrogens is 2. The van der Waals surface area contributed by atoms with E-state index in [0.29, 0.717) is 31.1 Å². The van der Waals surface area contributed by atoms with Gasteiger partial charge in [0.25, 0.3) is 5.91 Å². The summed E-state index contributed by atoms with van der Waals surface area (Å²) < 4.78 is 19.1. The zero-order valence-electron chi connectivity index (χ0n) is 13.8. The molecule has 7 heteroatoms. The van der Waals surface area contributed by atoms with E-state index in [1.807, 2.05) is 19.0 Å². The number of benzene rings is 1. The molecule has 0 radical (unpaired) electrons. The van der Waals surface area contributed by atoms with Gasteiger partial charge in [0.1, 0.15) is 17.7 Å². The second kappa shape index (κ2) is 7.11. The molecule has 6 nitrogen and oxygen atoms in total. The first kappa shape index (κ1) is 16.6. The highest BCUT2D eigenvalue weighted by atomic mass is 19.1. The molecule has 1 amide bonds. The van der Waals surface area contributed by atoms with Gasteiger partial charge in [0.2, 0.25) is 0 Å². The number of hydrogen-bond acceptors (Lipinski definition) is 4. The van der Waals surface area contributed by atoms with Crippen molar-refractivity contribution in [2.75, 3.05) is 33.8 Å². The van der Waals surface area contributed by atoms with Crippen LogP contribution in [0.2, 0.25) is 0 Å². The topological polar surface area (TPSA) is 61.5 Å². The predicted molar refractivity (Wildman–Crippen MR) is 87.0 cm³/mol. The second-order valence-electron chi connectivity index (χ2n) is 6.15. The molecule has 2 heterocycles. The number of aromatic amines is 1. The largest absolute Gasteiger partial charge is 0.367 e. The Morgan fingerprint density at radius 2 is 2.33 bits per heavy atom. The summed E-state index contributed by atoms with van der Waals surface area (Å²) in [5, 5.41) is 0. The van der Waals surface area contributed by atoms with Crippen LogP contribution in [0.15, 0.2) is 30.5 Å². The van der Waals surface area contributed by atoms with Gasteiger partial charge in [0, 0.05) is 30.5 Å². The standard InChI is InChI=1S/C17H21FN4O2/c1-21(2)10-14-9-19-16(20-14)15-11-22(6-7-24-15)17(23)12-4-3-5-13(18)8-12/h3-5,8-9,15H,6-7,10-11H2,1-2H3,(H,19,20). The number of morpholine rings is 1. The Labute approximate surface area is 140 Å². The van der Waals surface area contributed by atoms with Gasteiger partial charge < -0.3 is 19.5 Å². The number of H-pyrrole nitrogens is 1. The maximum atomic E-state index is 13.3. The highest BCUT2D eigenvalue weighted by Crippen LogP contribution is 2.21. The van der Waals surface area contributed by atoms with Gasteiger partial charge in [-0.15, -0.1) is 0 Å². The lowest BCUT2D eigenvalue weighted by atomic mass is 10.1. The minimum absolute atomic E-state index is 0.192. The van der Waals surface area contributed by atoms with Crippen molar-refractivity contribution in [2.24, 2.45) is 0 Å². The van der Waals surface area contributed by atoms with Crippen molar-refractivity contribution in [1.29, 1.82) is 0 Å². The van der Waals surface area contributed by atoms with E-state index in [9.17, 15) is 9.18 Å². The third kappa shape index (κ3) is 3.80. The normalized spacial score (nSPS) is 18.2. The lowest BCUT2D eigenvalue weighted by Crippen LogP contribution is -2.42. The summed E-state index contributed by atoms with van der Waals surface area (Å²) >= 11 is 0. The Hall–Kier alpha value is -2.25. The Morgan fingerprint density at radius 3 is 3.08 bits per heavy atom. The van der Waals surface area contributed by atoms with Crippen LogP contribution in [-0.4, -0.2) is 59.5 Å². The average molecular weight is 332 g/mol. The monoisotopic (exact) mass is 332 g/mol. The molecule has 2 aromatic rings. The maximum absolute atomic E-state index is 13.3. The quantitative estimate of drug-likeness (QED) is 0.928. The Kier molecular flexibility index (Phi) is 4.92. The van der Waals surface area contributed by atoms with Gasteiger partial charge >= 0.3 is 0 Å². The van der Waals surface area contributed by atoms with E-state index in [-0.39, 0.29) is 12.0 Å². The van der Waals surface area contributed by atoms with Crippen LogP contribution in [0.3, 0.4) is 0 Å². The minimum Gasteiger partial charge on any atom is -0.367 e. The summed E-state index contributed by atoms with van der Waals surface area (Å²) in [6, 6.07) is 5.75. The molecule has 0 aliphatic carbocycles. The highest BCUT2D eigenvalue weighted by molar-refractivity contribution is 5.94. The van der Waals surface area contributed by atoms with E-state index in [4.69, 9.17) is 4.74 Å². The number of amides is 1. The van der Waals surface area contributed by atoms with Crippen molar-refractivity contribution in [2.45, 2.75) is 12.6 Å². The Morgan fingerprint density at radius 1 is 1.50 bits per heavy atom. The number of imidazole rings is 1. The minimum atomic E-state index is -0.412. The van der Waals surface area contributed by atoms with E-state index in [1.165, 1.54) is 12.1 Å². The number of ether oxygens (including phenoxy) is 1. The number of nitrogens with one attached hydrogen (secondary N) is 1. The molecule has 0 bridgehead atoms.